The molecule has 134 valence electrons. The third-order valence-electron chi connectivity index (χ3n) is 4.03. The number of hydrogen-bond donors (Lipinski definition) is 1. The molecule has 1 heterocycles. The van der Waals surface area contributed by atoms with Gasteiger partial charge in [-0.1, -0.05) is 30.3 Å². The molecule has 4 nitrogen and oxygen atoms in total. The minimum atomic E-state index is -0.493. The molecular formula is C22H23NO3. The number of hydrogen-bond acceptors (Lipinski definition) is 3. The van der Waals surface area contributed by atoms with Crippen molar-refractivity contribution >= 4 is 22.7 Å². The number of carbonyl (C=O) groups is 2. The quantitative estimate of drug-likeness (QED) is 0.546. The third kappa shape index (κ3) is 4.60. The lowest BCUT2D eigenvalue weighted by Crippen LogP contribution is -2.24. The molecule has 2 aromatic carbocycles. The Kier molecular flexibility index (Phi) is 4.94. The molecule has 4 heteroatoms. The fourth-order valence-electron chi connectivity index (χ4n) is 2.85. The summed E-state index contributed by atoms with van der Waals surface area (Å²) in [6.07, 6.45) is 2.45. The highest BCUT2D eigenvalue weighted by Crippen LogP contribution is 2.17. The molecule has 1 aromatic heterocycles. The van der Waals surface area contributed by atoms with Crippen LogP contribution < -0.4 is 0 Å². The van der Waals surface area contributed by atoms with Crippen molar-refractivity contribution in [1.82, 2.24) is 4.98 Å². The van der Waals surface area contributed by atoms with E-state index >= 15 is 0 Å². The summed E-state index contributed by atoms with van der Waals surface area (Å²) in [5, 5.41) is 1.10. The summed E-state index contributed by atoms with van der Waals surface area (Å²) in [5.74, 6) is -0.208. The van der Waals surface area contributed by atoms with Gasteiger partial charge in [-0.05, 0) is 55.5 Å². The smallest absolute Gasteiger partial charge is 0.310 e. The first-order chi connectivity index (χ1) is 12.3. The minimum Gasteiger partial charge on any atom is -0.460 e. The Bertz CT molecular complexity index is 930. The van der Waals surface area contributed by atoms with Crippen molar-refractivity contribution in [3.63, 3.8) is 0 Å². The van der Waals surface area contributed by atoms with Crippen molar-refractivity contribution in [2.24, 2.45) is 0 Å². The van der Waals surface area contributed by atoms with Crippen molar-refractivity contribution in [2.45, 2.75) is 39.2 Å². The summed E-state index contributed by atoms with van der Waals surface area (Å²) in [7, 11) is 0. The van der Waals surface area contributed by atoms with Crippen LogP contribution in [-0.2, 0) is 22.4 Å². The summed E-state index contributed by atoms with van der Waals surface area (Å²) in [4.78, 5) is 27.5. The highest BCUT2D eigenvalue weighted by Gasteiger charge is 2.16. The van der Waals surface area contributed by atoms with E-state index in [1.165, 1.54) is 0 Å². The average molecular weight is 349 g/mol. The number of aromatic nitrogens is 1. The maximum Gasteiger partial charge on any atom is 0.310 e. The molecule has 1 N–H and O–H groups in total. The minimum absolute atomic E-state index is 0.0590. The van der Waals surface area contributed by atoms with E-state index in [9.17, 15) is 9.59 Å². The number of fused-ring (bicyclic) bond motifs is 1. The summed E-state index contributed by atoms with van der Waals surface area (Å²) in [6, 6.07) is 15.2. The Labute approximate surface area is 153 Å². The van der Waals surface area contributed by atoms with Crippen LogP contribution in [0.3, 0.4) is 0 Å². The molecule has 0 aliphatic carbocycles. The standard InChI is InChI=1S/C22H23NO3/c1-22(2,3)26-21(25)14-15-4-7-17(8-5-15)20(24)13-16-6-9-19-18(12-16)10-11-23-19/h4-12,23H,13-14H2,1-3H3. The molecule has 0 atom stereocenters. The van der Waals surface area contributed by atoms with Crippen molar-refractivity contribution in [3.8, 4) is 0 Å². The summed E-state index contributed by atoms with van der Waals surface area (Å²) in [6.45, 7) is 5.53. The molecule has 0 saturated carbocycles. The van der Waals surface area contributed by atoms with Gasteiger partial charge in [-0.3, -0.25) is 9.59 Å². The van der Waals surface area contributed by atoms with Crippen molar-refractivity contribution in [2.75, 3.05) is 0 Å². The van der Waals surface area contributed by atoms with Crippen LogP contribution in [0.2, 0.25) is 0 Å². The molecular weight excluding hydrogens is 326 g/mol. The van der Waals surface area contributed by atoms with Crippen LogP contribution in [0.5, 0.6) is 0 Å². The van der Waals surface area contributed by atoms with E-state index in [0.29, 0.717) is 12.0 Å². The van der Waals surface area contributed by atoms with Crippen LogP contribution in [-0.4, -0.2) is 22.3 Å². The van der Waals surface area contributed by atoms with E-state index in [-0.39, 0.29) is 18.2 Å². The van der Waals surface area contributed by atoms with Gasteiger partial charge in [-0.25, -0.2) is 0 Å². The maximum absolute atomic E-state index is 12.5. The second kappa shape index (κ2) is 7.16. The zero-order valence-corrected chi connectivity index (χ0v) is 15.3. The monoisotopic (exact) mass is 349 g/mol. The highest BCUT2D eigenvalue weighted by atomic mass is 16.6. The molecule has 3 rings (SSSR count). The highest BCUT2D eigenvalue weighted by molar-refractivity contribution is 5.98. The maximum atomic E-state index is 12.5. The Morgan fingerprint density at radius 2 is 1.62 bits per heavy atom. The largest absolute Gasteiger partial charge is 0.460 e. The number of benzene rings is 2. The first kappa shape index (κ1) is 17.9. The van der Waals surface area contributed by atoms with Gasteiger partial charge in [0.05, 0.1) is 6.42 Å². The molecule has 0 radical (unpaired) electrons. The number of ketones is 1. The van der Waals surface area contributed by atoms with Gasteiger partial charge in [0.25, 0.3) is 0 Å². The molecule has 0 bridgehead atoms. The van der Waals surface area contributed by atoms with Crippen LogP contribution >= 0.6 is 0 Å². The van der Waals surface area contributed by atoms with Crippen molar-refractivity contribution < 1.29 is 14.3 Å². The number of H-pyrrole nitrogens is 1. The molecule has 0 unspecified atom stereocenters. The van der Waals surface area contributed by atoms with Gasteiger partial charge < -0.3 is 9.72 Å². The Morgan fingerprint density at radius 1 is 0.923 bits per heavy atom. The lowest BCUT2D eigenvalue weighted by molar-refractivity contribution is -0.153. The van der Waals surface area contributed by atoms with Crippen LogP contribution in [0.1, 0.15) is 42.3 Å². The van der Waals surface area contributed by atoms with E-state index in [4.69, 9.17) is 4.74 Å². The molecule has 0 spiro atoms. The Morgan fingerprint density at radius 3 is 2.31 bits per heavy atom. The van der Waals surface area contributed by atoms with Crippen LogP contribution in [0.15, 0.2) is 54.7 Å². The van der Waals surface area contributed by atoms with Crippen molar-refractivity contribution in [1.29, 1.82) is 0 Å². The fraction of sp³-hybridized carbons (Fsp3) is 0.273. The SMILES string of the molecule is CC(C)(C)OC(=O)Cc1ccc(C(=O)Cc2ccc3[nH]ccc3c2)cc1. The van der Waals surface area contributed by atoms with Crippen LogP contribution in [0.25, 0.3) is 10.9 Å². The van der Waals surface area contributed by atoms with Crippen LogP contribution in [0.4, 0.5) is 0 Å². The van der Waals surface area contributed by atoms with Gasteiger partial charge >= 0.3 is 5.97 Å². The molecule has 26 heavy (non-hydrogen) atoms. The molecule has 0 aliphatic heterocycles. The first-order valence-corrected chi connectivity index (χ1v) is 8.70. The van der Waals surface area contributed by atoms with Crippen molar-refractivity contribution in [3.05, 3.63) is 71.4 Å². The lowest BCUT2D eigenvalue weighted by Gasteiger charge is -2.19. The number of aromatic amines is 1. The van der Waals surface area contributed by atoms with E-state index in [1.807, 2.05) is 63.4 Å². The van der Waals surface area contributed by atoms with Gasteiger partial charge in [-0.15, -0.1) is 0 Å². The first-order valence-electron chi connectivity index (χ1n) is 8.70. The molecule has 3 aromatic rings. The second-order valence-electron chi connectivity index (χ2n) is 7.46. The number of Topliss-reactive ketones (excluding diaryl/α,β-unsaturated/α-hetero) is 1. The zero-order chi connectivity index (χ0) is 18.7. The van der Waals surface area contributed by atoms with Gasteiger partial charge in [0.2, 0.25) is 0 Å². The normalized spacial score (nSPS) is 11.5. The number of esters is 1. The van der Waals surface area contributed by atoms with Gasteiger partial charge in [-0.2, -0.15) is 0 Å². The number of nitrogens with one attached hydrogen (secondary N) is 1. The Balaban J connectivity index is 1.64. The molecule has 0 fully saturated rings. The number of rotatable bonds is 5. The number of carbonyl (C=O) groups excluding carboxylic acids is 2. The second-order valence-corrected chi connectivity index (χ2v) is 7.46. The van der Waals surface area contributed by atoms with E-state index in [2.05, 4.69) is 4.98 Å². The topological polar surface area (TPSA) is 59.2 Å². The Hall–Kier alpha value is -2.88. The average Bonchev–Trinajstić information content (AvgIpc) is 3.01. The zero-order valence-electron chi connectivity index (χ0n) is 15.3. The van der Waals surface area contributed by atoms with Gasteiger partial charge in [0.15, 0.2) is 5.78 Å². The van der Waals surface area contributed by atoms with Gasteiger partial charge in [0, 0.05) is 23.7 Å². The summed E-state index contributed by atoms with van der Waals surface area (Å²) < 4.78 is 5.32. The van der Waals surface area contributed by atoms with E-state index < -0.39 is 5.60 Å². The van der Waals surface area contributed by atoms with E-state index in [1.54, 1.807) is 12.1 Å². The molecule has 0 amide bonds. The lowest BCUT2D eigenvalue weighted by atomic mass is 10.0. The number of ether oxygens (including phenoxy) is 1. The molecule has 0 saturated heterocycles. The van der Waals surface area contributed by atoms with E-state index in [0.717, 1.165) is 22.0 Å². The summed E-state index contributed by atoms with van der Waals surface area (Å²) >= 11 is 0. The predicted molar refractivity (Wildman–Crippen MR) is 102 cm³/mol. The predicted octanol–water partition coefficient (Wildman–Crippen LogP) is 4.48. The fourth-order valence-corrected chi connectivity index (χ4v) is 2.85. The van der Waals surface area contributed by atoms with Crippen LogP contribution in [0, 0.1) is 0 Å². The summed E-state index contributed by atoms with van der Waals surface area (Å²) in [5.41, 5.74) is 3.04. The van der Waals surface area contributed by atoms with Gasteiger partial charge in [0.1, 0.15) is 5.60 Å². The third-order valence-corrected chi connectivity index (χ3v) is 4.03. The molecule has 0 aliphatic rings.